The number of rotatable bonds is 5. The second-order valence-electron chi connectivity index (χ2n) is 4.89. The largest absolute Gasteiger partial charge is 0.487 e. The van der Waals surface area contributed by atoms with E-state index in [-0.39, 0.29) is 18.2 Å². The van der Waals surface area contributed by atoms with Crippen LogP contribution in [0.5, 0.6) is 5.75 Å². The number of nitrogens with one attached hydrogen (secondary N) is 1. The first-order chi connectivity index (χ1) is 10.5. The van der Waals surface area contributed by atoms with E-state index < -0.39 is 4.92 Å². The first kappa shape index (κ1) is 15.5. The number of nitro benzene ring substituents is 1. The van der Waals surface area contributed by atoms with Gasteiger partial charge in [-0.2, -0.15) is 0 Å². The lowest BCUT2D eigenvalue weighted by Crippen LogP contribution is -2.08. The van der Waals surface area contributed by atoms with Gasteiger partial charge < -0.3 is 10.1 Å². The average Bonchev–Trinajstić information content (AvgIpc) is 2.47. The normalized spacial score (nSPS) is 10.1. The van der Waals surface area contributed by atoms with Crippen molar-refractivity contribution in [1.82, 2.24) is 0 Å². The Balaban J connectivity index is 2.11. The average molecular weight is 300 g/mol. The number of carbonyl (C=O) groups excluding carboxylic acids is 1. The van der Waals surface area contributed by atoms with Gasteiger partial charge in [0, 0.05) is 19.1 Å². The van der Waals surface area contributed by atoms with Gasteiger partial charge in [-0.05, 0) is 42.3 Å². The summed E-state index contributed by atoms with van der Waals surface area (Å²) >= 11 is 0. The van der Waals surface area contributed by atoms with E-state index in [1.54, 1.807) is 18.2 Å². The van der Waals surface area contributed by atoms with E-state index in [1.165, 1.54) is 19.1 Å². The highest BCUT2D eigenvalue weighted by molar-refractivity contribution is 5.90. The van der Waals surface area contributed by atoms with Gasteiger partial charge >= 0.3 is 0 Å². The molecule has 1 amide bonds. The van der Waals surface area contributed by atoms with E-state index in [0.717, 1.165) is 11.1 Å². The summed E-state index contributed by atoms with van der Waals surface area (Å²) in [6, 6.07) is 11.6. The van der Waals surface area contributed by atoms with Crippen molar-refractivity contribution in [1.29, 1.82) is 0 Å². The van der Waals surface area contributed by atoms with Crippen LogP contribution >= 0.6 is 0 Å². The molecule has 1 N–H and O–H groups in total. The van der Waals surface area contributed by atoms with E-state index >= 15 is 0 Å². The number of benzene rings is 2. The molecule has 0 radical (unpaired) electrons. The Labute approximate surface area is 127 Å². The molecular weight excluding hydrogens is 284 g/mol. The summed E-state index contributed by atoms with van der Waals surface area (Å²) in [7, 11) is 0. The van der Waals surface area contributed by atoms with Gasteiger partial charge in [0.05, 0.1) is 10.6 Å². The molecule has 0 saturated heterocycles. The monoisotopic (exact) mass is 300 g/mol. The van der Waals surface area contributed by atoms with E-state index in [2.05, 4.69) is 5.32 Å². The van der Waals surface area contributed by atoms with Gasteiger partial charge in [-0.1, -0.05) is 6.07 Å². The van der Waals surface area contributed by atoms with Crippen LogP contribution in [0.15, 0.2) is 42.5 Å². The van der Waals surface area contributed by atoms with Crippen molar-refractivity contribution in [3.8, 4) is 5.75 Å². The number of hydrogen-bond acceptors (Lipinski definition) is 4. The SMILES string of the molecule is CC(=O)Nc1ccc(C)cc1OCc1ccc([N+](=O)[O-])cc1. The summed E-state index contributed by atoms with van der Waals surface area (Å²) in [5.41, 5.74) is 2.45. The van der Waals surface area contributed by atoms with Crippen molar-refractivity contribution in [2.45, 2.75) is 20.5 Å². The van der Waals surface area contributed by atoms with Gasteiger partial charge in [-0.15, -0.1) is 0 Å². The Hall–Kier alpha value is -2.89. The summed E-state index contributed by atoms with van der Waals surface area (Å²) in [5, 5.41) is 13.3. The molecule has 6 nitrogen and oxygen atoms in total. The number of nitrogens with zero attached hydrogens (tertiary/aromatic N) is 1. The number of non-ortho nitro benzene ring substituents is 1. The van der Waals surface area contributed by atoms with Crippen molar-refractivity contribution >= 4 is 17.3 Å². The lowest BCUT2D eigenvalue weighted by Gasteiger charge is -2.12. The fourth-order valence-electron chi connectivity index (χ4n) is 1.92. The highest BCUT2D eigenvalue weighted by Gasteiger charge is 2.08. The minimum absolute atomic E-state index is 0.0400. The number of aryl methyl sites for hydroxylation is 1. The van der Waals surface area contributed by atoms with Gasteiger partial charge in [0.25, 0.3) is 5.69 Å². The third-order valence-electron chi connectivity index (χ3n) is 2.99. The predicted molar refractivity (Wildman–Crippen MR) is 82.9 cm³/mol. The number of amides is 1. The number of hydrogen-bond donors (Lipinski definition) is 1. The van der Waals surface area contributed by atoms with Crippen molar-refractivity contribution in [2.75, 3.05) is 5.32 Å². The molecule has 0 saturated carbocycles. The predicted octanol–water partition coefficient (Wildman–Crippen LogP) is 3.44. The minimum atomic E-state index is -0.444. The van der Waals surface area contributed by atoms with Crippen LogP contribution in [-0.4, -0.2) is 10.8 Å². The van der Waals surface area contributed by atoms with Crippen molar-refractivity contribution in [2.24, 2.45) is 0 Å². The second kappa shape index (κ2) is 6.71. The molecule has 2 aromatic rings. The smallest absolute Gasteiger partial charge is 0.269 e. The van der Waals surface area contributed by atoms with E-state index in [0.29, 0.717) is 11.4 Å². The van der Waals surface area contributed by atoms with E-state index in [1.807, 2.05) is 19.1 Å². The van der Waals surface area contributed by atoms with Gasteiger partial charge in [-0.3, -0.25) is 14.9 Å². The molecule has 0 unspecified atom stereocenters. The number of nitro groups is 1. The molecule has 0 fully saturated rings. The molecule has 0 heterocycles. The molecule has 0 aliphatic rings. The molecule has 114 valence electrons. The molecule has 2 aromatic carbocycles. The van der Waals surface area contributed by atoms with Gasteiger partial charge in [-0.25, -0.2) is 0 Å². The minimum Gasteiger partial charge on any atom is -0.487 e. The van der Waals surface area contributed by atoms with Crippen molar-refractivity contribution in [3.05, 3.63) is 63.7 Å². The Morgan fingerprint density at radius 2 is 1.91 bits per heavy atom. The zero-order valence-corrected chi connectivity index (χ0v) is 12.3. The summed E-state index contributed by atoms with van der Waals surface area (Å²) in [6.45, 7) is 3.62. The summed E-state index contributed by atoms with van der Waals surface area (Å²) < 4.78 is 5.72. The summed E-state index contributed by atoms with van der Waals surface area (Å²) in [6.07, 6.45) is 0. The topological polar surface area (TPSA) is 81.5 Å². The van der Waals surface area contributed by atoms with Crippen LogP contribution in [0.4, 0.5) is 11.4 Å². The molecule has 0 aliphatic heterocycles. The molecule has 6 heteroatoms. The Morgan fingerprint density at radius 3 is 2.50 bits per heavy atom. The lowest BCUT2D eigenvalue weighted by atomic mass is 10.2. The van der Waals surface area contributed by atoms with Crippen LogP contribution in [0, 0.1) is 17.0 Å². The van der Waals surface area contributed by atoms with Crippen LogP contribution in [0.25, 0.3) is 0 Å². The third kappa shape index (κ3) is 4.05. The first-order valence-corrected chi connectivity index (χ1v) is 6.70. The zero-order valence-electron chi connectivity index (χ0n) is 12.3. The Morgan fingerprint density at radius 1 is 1.23 bits per heavy atom. The van der Waals surface area contributed by atoms with Crippen molar-refractivity contribution < 1.29 is 14.5 Å². The maximum atomic E-state index is 11.2. The van der Waals surface area contributed by atoms with Gasteiger partial charge in [0.1, 0.15) is 12.4 Å². The van der Waals surface area contributed by atoms with Gasteiger partial charge in [0.2, 0.25) is 5.91 Å². The van der Waals surface area contributed by atoms with Crippen LogP contribution in [0.3, 0.4) is 0 Å². The Kier molecular flexibility index (Phi) is 4.73. The van der Waals surface area contributed by atoms with E-state index in [4.69, 9.17) is 4.74 Å². The zero-order chi connectivity index (χ0) is 16.1. The maximum absolute atomic E-state index is 11.2. The lowest BCUT2D eigenvalue weighted by molar-refractivity contribution is -0.384. The first-order valence-electron chi connectivity index (χ1n) is 6.70. The molecule has 0 atom stereocenters. The second-order valence-corrected chi connectivity index (χ2v) is 4.89. The highest BCUT2D eigenvalue weighted by atomic mass is 16.6. The quantitative estimate of drug-likeness (QED) is 0.677. The molecule has 22 heavy (non-hydrogen) atoms. The number of ether oxygens (including phenoxy) is 1. The van der Waals surface area contributed by atoms with Crippen LogP contribution in [0.1, 0.15) is 18.1 Å². The molecule has 0 aromatic heterocycles. The van der Waals surface area contributed by atoms with Crippen LogP contribution in [-0.2, 0) is 11.4 Å². The molecule has 2 rings (SSSR count). The third-order valence-corrected chi connectivity index (χ3v) is 2.99. The fourth-order valence-corrected chi connectivity index (χ4v) is 1.92. The molecule has 0 aliphatic carbocycles. The van der Waals surface area contributed by atoms with Crippen LogP contribution in [0.2, 0.25) is 0 Å². The summed E-state index contributed by atoms with van der Waals surface area (Å²) in [5.74, 6) is 0.387. The fraction of sp³-hybridized carbons (Fsp3) is 0.188. The number of carbonyl (C=O) groups is 1. The van der Waals surface area contributed by atoms with Crippen LogP contribution < -0.4 is 10.1 Å². The maximum Gasteiger partial charge on any atom is 0.269 e. The highest BCUT2D eigenvalue weighted by Crippen LogP contribution is 2.26. The standard InChI is InChI=1S/C16H16N2O4/c1-11-3-8-15(17-12(2)19)16(9-11)22-10-13-4-6-14(7-5-13)18(20)21/h3-9H,10H2,1-2H3,(H,17,19). The van der Waals surface area contributed by atoms with Crippen molar-refractivity contribution in [3.63, 3.8) is 0 Å². The number of anilines is 1. The molecule has 0 spiro atoms. The van der Waals surface area contributed by atoms with Gasteiger partial charge in [0.15, 0.2) is 0 Å². The Bertz CT molecular complexity index is 696. The molecular formula is C16H16N2O4. The summed E-state index contributed by atoms with van der Waals surface area (Å²) in [4.78, 5) is 21.4. The van der Waals surface area contributed by atoms with E-state index in [9.17, 15) is 14.9 Å². The molecule has 0 bridgehead atoms.